The first-order chi connectivity index (χ1) is 13.5. The first-order valence-corrected chi connectivity index (χ1v) is 8.57. The van der Waals surface area contributed by atoms with Crippen LogP contribution in [0.1, 0.15) is 22.3 Å². The zero-order valence-electron chi connectivity index (χ0n) is 16.0. The normalized spacial score (nSPS) is 10.1. The molecule has 7 nitrogen and oxygen atoms in total. The number of rotatable bonds is 9. The molecule has 28 heavy (non-hydrogen) atoms. The zero-order chi connectivity index (χ0) is 20.5. The van der Waals surface area contributed by atoms with Crippen molar-refractivity contribution in [1.29, 1.82) is 0 Å². The van der Waals surface area contributed by atoms with Crippen LogP contribution in [0.25, 0.3) is 0 Å². The van der Waals surface area contributed by atoms with Gasteiger partial charge >= 0.3 is 0 Å². The maximum absolute atomic E-state index is 12.9. The predicted molar refractivity (Wildman–Crippen MR) is 101 cm³/mol. The molecular formula is C20H23FN2O5. The fourth-order valence-corrected chi connectivity index (χ4v) is 2.50. The maximum Gasteiger partial charge on any atom is 0.251 e. The number of carbonyl (C=O) groups is 2. The molecule has 0 aliphatic heterocycles. The summed E-state index contributed by atoms with van der Waals surface area (Å²) in [7, 11) is 4.40. The average molecular weight is 390 g/mol. The third-order valence-corrected chi connectivity index (χ3v) is 3.97. The van der Waals surface area contributed by atoms with E-state index in [1.165, 1.54) is 45.6 Å². The predicted octanol–water partition coefficient (Wildman–Crippen LogP) is 2.29. The maximum atomic E-state index is 12.9. The van der Waals surface area contributed by atoms with Gasteiger partial charge in [0, 0.05) is 25.1 Å². The molecule has 0 aromatic heterocycles. The Morgan fingerprint density at radius 2 is 1.54 bits per heavy atom. The SMILES string of the molecule is COc1cc(C(=O)NCCC(=O)NCc2ccc(F)cc2)cc(OC)c1OC. The van der Waals surface area contributed by atoms with Crippen molar-refractivity contribution in [1.82, 2.24) is 10.6 Å². The molecule has 0 heterocycles. The Bertz CT molecular complexity index is 799. The molecule has 0 saturated carbocycles. The summed E-state index contributed by atoms with van der Waals surface area (Å²) in [4.78, 5) is 24.2. The van der Waals surface area contributed by atoms with Gasteiger partial charge in [-0.05, 0) is 29.8 Å². The van der Waals surface area contributed by atoms with Gasteiger partial charge in [0.2, 0.25) is 11.7 Å². The van der Waals surface area contributed by atoms with E-state index in [1.54, 1.807) is 12.1 Å². The van der Waals surface area contributed by atoms with Gasteiger partial charge < -0.3 is 24.8 Å². The van der Waals surface area contributed by atoms with Crippen LogP contribution in [0.3, 0.4) is 0 Å². The molecule has 0 radical (unpaired) electrons. The Balaban J connectivity index is 1.86. The number of carbonyl (C=O) groups excluding carboxylic acids is 2. The molecular weight excluding hydrogens is 367 g/mol. The standard InChI is InChI=1S/C20H23FN2O5/c1-26-16-10-14(11-17(27-2)19(16)28-3)20(25)22-9-8-18(24)23-12-13-4-6-15(21)7-5-13/h4-7,10-11H,8-9,12H2,1-3H3,(H,22,25)(H,23,24). The van der Waals surface area contributed by atoms with Crippen molar-refractivity contribution in [3.05, 3.63) is 53.3 Å². The monoisotopic (exact) mass is 390 g/mol. The number of methoxy groups -OCH3 is 3. The first kappa shape index (κ1) is 21.0. The van der Waals surface area contributed by atoms with Crippen LogP contribution in [0.5, 0.6) is 17.2 Å². The topological polar surface area (TPSA) is 85.9 Å². The number of hydrogen-bond acceptors (Lipinski definition) is 5. The van der Waals surface area contributed by atoms with Crippen LogP contribution in [0.4, 0.5) is 4.39 Å². The van der Waals surface area contributed by atoms with E-state index in [0.717, 1.165) is 5.56 Å². The molecule has 2 N–H and O–H groups in total. The molecule has 0 fully saturated rings. The van der Waals surface area contributed by atoms with E-state index in [4.69, 9.17) is 14.2 Å². The molecule has 0 unspecified atom stereocenters. The molecule has 2 aromatic rings. The van der Waals surface area contributed by atoms with Gasteiger partial charge in [0.15, 0.2) is 11.5 Å². The van der Waals surface area contributed by atoms with Crippen molar-refractivity contribution in [3.63, 3.8) is 0 Å². The molecule has 0 spiro atoms. The van der Waals surface area contributed by atoms with Gasteiger partial charge in [-0.3, -0.25) is 9.59 Å². The Kier molecular flexibility index (Phi) is 7.62. The average Bonchev–Trinajstić information content (AvgIpc) is 2.71. The largest absolute Gasteiger partial charge is 0.493 e. The highest BCUT2D eigenvalue weighted by Crippen LogP contribution is 2.38. The minimum Gasteiger partial charge on any atom is -0.493 e. The minimum atomic E-state index is -0.370. The zero-order valence-corrected chi connectivity index (χ0v) is 16.0. The summed E-state index contributed by atoms with van der Waals surface area (Å²) in [6, 6.07) is 8.93. The molecule has 8 heteroatoms. The fraction of sp³-hybridized carbons (Fsp3) is 0.300. The Morgan fingerprint density at radius 1 is 0.929 bits per heavy atom. The summed E-state index contributed by atoms with van der Waals surface area (Å²) in [6.45, 7) is 0.449. The summed E-state index contributed by atoms with van der Waals surface area (Å²) in [5, 5.41) is 5.39. The Labute approximate surface area is 162 Å². The minimum absolute atomic E-state index is 0.108. The number of amides is 2. The number of halogens is 1. The number of nitrogens with one attached hydrogen (secondary N) is 2. The summed E-state index contributed by atoms with van der Waals surface area (Å²) in [6.07, 6.45) is 0.108. The quantitative estimate of drug-likeness (QED) is 0.686. The van der Waals surface area contributed by atoms with Crippen molar-refractivity contribution in [2.45, 2.75) is 13.0 Å². The fourth-order valence-electron chi connectivity index (χ4n) is 2.50. The second kappa shape index (κ2) is 10.1. The van der Waals surface area contributed by atoms with E-state index < -0.39 is 0 Å². The lowest BCUT2D eigenvalue weighted by Gasteiger charge is -2.14. The third kappa shape index (κ3) is 5.60. The lowest BCUT2D eigenvalue weighted by molar-refractivity contribution is -0.121. The second-order valence-electron chi connectivity index (χ2n) is 5.82. The van der Waals surface area contributed by atoms with Crippen LogP contribution in [0, 0.1) is 5.82 Å². The lowest BCUT2D eigenvalue weighted by Crippen LogP contribution is -2.30. The number of hydrogen-bond donors (Lipinski definition) is 2. The molecule has 2 aromatic carbocycles. The van der Waals surface area contributed by atoms with E-state index >= 15 is 0 Å². The molecule has 2 amide bonds. The van der Waals surface area contributed by atoms with E-state index in [2.05, 4.69) is 10.6 Å². The number of benzene rings is 2. The van der Waals surface area contributed by atoms with Gasteiger partial charge in [-0.25, -0.2) is 4.39 Å². The molecule has 0 saturated heterocycles. The molecule has 2 rings (SSSR count). The summed E-state index contributed by atoms with van der Waals surface area (Å²) in [5.74, 6) is 0.194. The molecule has 0 aliphatic rings. The van der Waals surface area contributed by atoms with Crippen LogP contribution in [-0.4, -0.2) is 39.7 Å². The molecule has 0 aliphatic carbocycles. The van der Waals surface area contributed by atoms with Crippen molar-refractivity contribution < 1.29 is 28.2 Å². The smallest absolute Gasteiger partial charge is 0.251 e. The van der Waals surface area contributed by atoms with Crippen molar-refractivity contribution in [2.75, 3.05) is 27.9 Å². The van der Waals surface area contributed by atoms with Crippen molar-refractivity contribution in [3.8, 4) is 17.2 Å². The van der Waals surface area contributed by atoms with Crippen LogP contribution in [-0.2, 0) is 11.3 Å². The first-order valence-electron chi connectivity index (χ1n) is 8.57. The Hall–Kier alpha value is -3.29. The summed E-state index contributed by atoms with van der Waals surface area (Å²) < 4.78 is 28.5. The van der Waals surface area contributed by atoms with Gasteiger partial charge in [0.05, 0.1) is 21.3 Å². The highest BCUT2D eigenvalue weighted by molar-refractivity contribution is 5.95. The van der Waals surface area contributed by atoms with Crippen LogP contribution in [0.2, 0.25) is 0 Å². The summed E-state index contributed by atoms with van der Waals surface area (Å²) >= 11 is 0. The van der Waals surface area contributed by atoms with E-state index in [-0.39, 0.29) is 30.6 Å². The number of ether oxygens (including phenoxy) is 3. The molecule has 0 atom stereocenters. The van der Waals surface area contributed by atoms with Crippen LogP contribution >= 0.6 is 0 Å². The van der Waals surface area contributed by atoms with Gasteiger partial charge in [-0.2, -0.15) is 0 Å². The van der Waals surface area contributed by atoms with Gasteiger partial charge in [0.1, 0.15) is 5.82 Å². The van der Waals surface area contributed by atoms with E-state index in [9.17, 15) is 14.0 Å². The Morgan fingerprint density at radius 3 is 2.07 bits per heavy atom. The van der Waals surface area contributed by atoms with Crippen LogP contribution < -0.4 is 24.8 Å². The van der Waals surface area contributed by atoms with E-state index in [1.807, 2.05) is 0 Å². The van der Waals surface area contributed by atoms with Gasteiger partial charge in [-0.1, -0.05) is 12.1 Å². The lowest BCUT2D eigenvalue weighted by atomic mass is 10.1. The van der Waals surface area contributed by atoms with Crippen LogP contribution in [0.15, 0.2) is 36.4 Å². The van der Waals surface area contributed by atoms with Crippen molar-refractivity contribution in [2.24, 2.45) is 0 Å². The van der Waals surface area contributed by atoms with Crippen molar-refractivity contribution >= 4 is 11.8 Å². The highest BCUT2D eigenvalue weighted by Gasteiger charge is 2.17. The third-order valence-electron chi connectivity index (χ3n) is 3.97. The van der Waals surface area contributed by atoms with Gasteiger partial charge in [0.25, 0.3) is 5.91 Å². The molecule has 0 bridgehead atoms. The molecule has 150 valence electrons. The van der Waals surface area contributed by atoms with Gasteiger partial charge in [-0.15, -0.1) is 0 Å². The summed E-state index contributed by atoms with van der Waals surface area (Å²) in [5.41, 5.74) is 1.11. The highest BCUT2D eigenvalue weighted by atomic mass is 19.1. The second-order valence-corrected chi connectivity index (χ2v) is 5.82. The van der Waals surface area contributed by atoms with E-state index in [0.29, 0.717) is 29.4 Å².